The van der Waals surface area contributed by atoms with E-state index in [-0.39, 0.29) is 5.54 Å². The van der Waals surface area contributed by atoms with E-state index in [0.717, 1.165) is 18.1 Å². The molecule has 1 heterocycles. The molecule has 0 bridgehead atoms. The molecule has 96 valence electrons. The summed E-state index contributed by atoms with van der Waals surface area (Å²) >= 11 is 0. The lowest BCUT2D eigenvalue weighted by Crippen LogP contribution is -2.36. The van der Waals surface area contributed by atoms with Gasteiger partial charge in [0.15, 0.2) is 0 Å². The van der Waals surface area contributed by atoms with E-state index in [2.05, 4.69) is 20.7 Å². The highest BCUT2D eigenvalue weighted by atomic mass is 16.5. The van der Waals surface area contributed by atoms with Crippen LogP contribution in [0.1, 0.15) is 26.6 Å². The molecular formula is C11H21N5O. The molecule has 0 amide bonds. The Balaban J connectivity index is 2.89. The van der Waals surface area contributed by atoms with E-state index in [1.54, 1.807) is 13.2 Å². The van der Waals surface area contributed by atoms with Crippen molar-refractivity contribution in [2.24, 2.45) is 5.84 Å². The maximum Gasteiger partial charge on any atom is 0.145 e. The summed E-state index contributed by atoms with van der Waals surface area (Å²) in [6, 6.07) is 1.77. The number of nitrogens with two attached hydrogens (primary N) is 1. The largest absolute Gasteiger partial charge is 0.382 e. The number of nitrogens with one attached hydrogen (secondary N) is 2. The van der Waals surface area contributed by atoms with E-state index >= 15 is 0 Å². The molecule has 0 aliphatic rings. The number of hydrazine groups is 1. The molecule has 0 saturated carbocycles. The third-order valence-corrected chi connectivity index (χ3v) is 2.21. The fourth-order valence-electron chi connectivity index (χ4n) is 1.54. The Labute approximate surface area is 102 Å². The molecule has 0 fully saturated rings. The number of rotatable bonds is 6. The number of methoxy groups -OCH3 is 1. The van der Waals surface area contributed by atoms with Crippen molar-refractivity contribution in [3.05, 3.63) is 11.9 Å². The summed E-state index contributed by atoms with van der Waals surface area (Å²) in [6.45, 7) is 6.67. The normalized spacial score (nSPS) is 11.4. The van der Waals surface area contributed by atoms with Gasteiger partial charge in [0.25, 0.3) is 0 Å². The first-order chi connectivity index (χ1) is 8.00. The van der Waals surface area contributed by atoms with Crippen LogP contribution < -0.4 is 16.6 Å². The number of nitrogen functional groups attached to an aromatic ring is 1. The van der Waals surface area contributed by atoms with Crippen molar-refractivity contribution in [2.45, 2.75) is 32.7 Å². The number of nitrogens with zero attached hydrogens (tertiary/aromatic N) is 2. The minimum Gasteiger partial charge on any atom is -0.382 e. The van der Waals surface area contributed by atoms with E-state index in [1.165, 1.54) is 0 Å². The second-order valence-corrected chi connectivity index (χ2v) is 4.49. The molecule has 17 heavy (non-hydrogen) atoms. The first-order valence-corrected chi connectivity index (χ1v) is 5.62. The molecule has 0 saturated heterocycles. The quantitative estimate of drug-likeness (QED) is 0.510. The summed E-state index contributed by atoms with van der Waals surface area (Å²) in [6.07, 6.45) is 0.759. The summed E-state index contributed by atoms with van der Waals surface area (Å²) in [5.74, 6) is 7.47. The zero-order valence-corrected chi connectivity index (χ0v) is 10.9. The van der Waals surface area contributed by atoms with Gasteiger partial charge in [-0.15, -0.1) is 0 Å². The van der Waals surface area contributed by atoms with Crippen molar-refractivity contribution in [3.8, 4) is 0 Å². The van der Waals surface area contributed by atoms with Gasteiger partial charge in [-0.1, -0.05) is 6.92 Å². The predicted octanol–water partition coefficient (Wildman–Crippen LogP) is 1.16. The Morgan fingerprint density at radius 3 is 2.53 bits per heavy atom. The SMILES string of the molecule is CCc1nc(NN)cc(NC(C)(C)COC)n1. The maximum absolute atomic E-state index is 5.37. The third-order valence-electron chi connectivity index (χ3n) is 2.21. The molecule has 0 unspecified atom stereocenters. The van der Waals surface area contributed by atoms with Gasteiger partial charge in [0, 0.05) is 19.6 Å². The number of hydrogen-bond donors (Lipinski definition) is 3. The molecule has 0 aliphatic carbocycles. The number of aryl methyl sites for hydroxylation is 1. The summed E-state index contributed by atoms with van der Waals surface area (Å²) < 4.78 is 5.15. The van der Waals surface area contributed by atoms with E-state index in [1.807, 2.05) is 20.8 Å². The zero-order valence-electron chi connectivity index (χ0n) is 10.9. The van der Waals surface area contributed by atoms with Gasteiger partial charge in [-0.25, -0.2) is 15.8 Å². The summed E-state index contributed by atoms with van der Waals surface area (Å²) in [5, 5.41) is 3.30. The van der Waals surface area contributed by atoms with Crippen LogP contribution >= 0.6 is 0 Å². The fraction of sp³-hybridized carbons (Fsp3) is 0.636. The molecule has 6 nitrogen and oxygen atoms in total. The molecule has 0 atom stereocenters. The lowest BCUT2D eigenvalue weighted by atomic mass is 10.1. The van der Waals surface area contributed by atoms with Crippen molar-refractivity contribution in [2.75, 3.05) is 24.5 Å². The van der Waals surface area contributed by atoms with E-state index in [9.17, 15) is 0 Å². The van der Waals surface area contributed by atoms with Crippen LogP contribution in [0.15, 0.2) is 6.07 Å². The minimum atomic E-state index is -0.194. The Bertz CT molecular complexity index is 345. The van der Waals surface area contributed by atoms with Gasteiger partial charge in [0.1, 0.15) is 17.5 Å². The first-order valence-electron chi connectivity index (χ1n) is 5.62. The van der Waals surface area contributed by atoms with Gasteiger partial charge in [0.2, 0.25) is 0 Å². The smallest absolute Gasteiger partial charge is 0.145 e. The van der Waals surface area contributed by atoms with Gasteiger partial charge in [-0.2, -0.15) is 0 Å². The Morgan fingerprint density at radius 1 is 1.35 bits per heavy atom. The van der Waals surface area contributed by atoms with Crippen molar-refractivity contribution in [1.82, 2.24) is 9.97 Å². The second-order valence-electron chi connectivity index (χ2n) is 4.49. The van der Waals surface area contributed by atoms with Crippen LogP contribution in [-0.4, -0.2) is 29.2 Å². The average Bonchev–Trinajstić information content (AvgIpc) is 2.27. The molecular weight excluding hydrogens is 218 g/mol. The molecule has 1 aromatic heterocycles. The Morgan fingerprint density at radius 2 is 2.00 bits per heavy atom. The molecule has 4 N–H and O–H groups in total. The van der Waals surface area contributed by atoms with Crippen LogP contribution in [0, 0.1) is 0 Å². The van der Waals surface area contributed by atoms with Crippen LogP contribution in [-0.2, 0) is 11.2 Å². The molecule has 0 aromatic carbocycles. The fourth-order valence-corrected chi connectivity index (χ4v) is 1.54. The van der Waals surface area contributed by atoms with Gasteiger partial charge in [0.05, 0.1) is 12.1 Å². The molecule has 1 rings (SSSR count). The molecule has 0 aliphatic heterocycles. The molecule has 0 radical (unpaired) electrons. The highest BCUT2D eigenvalue weighted by Gasteiger charge is 2.18. The highest BCUT2D eigenvalue weighted by molar-refractivity contribution is 5.48. The van der Waals surface area contributed by atoms with E-state index < -0.39 is 0 Å². The minimum absolute atomic E-state index is 0.194. The second kappa shape index (κ2) is 5.79. The van der Waals surface area contributed by atoms with Crippen molar-refractivity contribution in [1.29, 1.82) is 0 Å². The highest BCUT2D eigenvalue weighted by Crippen LogP contribution is 2.16. The van der Waals surface area contributed by atoms with Crippen molar-refractivity contribution < 1.29 is 4.74 Å². The Hall–Kier alpha value is -1.40. The Kier molecular flexibility index (Phi) is 4.65. The summed E-state index contributed by atoms with van der Waals surface area (Å²) in [4.78, 5) is 8.62. The number of aromatic nitrogens is 2. The number of anilines is 2. The van der Waals surface area contributed by atoms with Crippen LogP contribution in [0.25, 0.3) is 0 Å². The lowest BCUT2D eigenvalue weighted by molar-refractivity contribution is 0.158. The molecule has 1 aromatic rings. The summed E-state index contributed by atoms with van der Waals surface area (Å²) in [7, 11) is 1.67. The average molecular weight is 239 g/mol. The maximum atomic E-state index is 5.37. The lowest BCUT2D eigenvalue weighted by Gasteiger charge is -2.26. The van der Waals surface area contributed by atoms with Crippen LogP contribution in [0.3, 0.4) is 0 Å². The molecule has 6 heteroatoms. The number of hydrogen-bond acceptors (Lipinski definition) is 6. The molecule has 0 spiro atoms. The number of ether oxygens (including phenoxy) is 1. The van der Waals surface area contributed by atoms with Gasteiger partial charge >= 0.3 is 0 Å². The third kappa shape index (κ3) is 4.16. The monoisotopic (exact) mass is 239 g/mol. The van der Waals surface area contributed by atoms with Crippen molar-refractivity contribution in [3.63, 3.8) is 0 Å². The van der Waals surface area contributed by atoms with Crippen LogP contribution in [0.5, 0.6) is 0 Å². The van der Waals surface area contributed by atoms with E-state index in [0.29, 0.717) is 12.4 Å². The zero-order chi connectivity index (χ0) is 12.9. The standard InChI is InChI=1S/C11H21N5O/c1-5-8-13-9(6-10(14-8)16-12)15-11(2,3)7-17-4/h6H,5,7,12H2,1-4H3,(H2,13,14,15,16). The van der Waals surface area contributed by atoms with E-state index in [4.69, 9.17) is 10.6 Å². The first kappa shape index (κ1) is 13.7. The van der Waals surface area contributed by atoms with Crippen LogP contribution in [0.4, 0.5) is 11.6 Å². The summed E-state index contributed by atoms with van der Waals surface area (Å²) in [5.41, 5.74) is 2.34. The van der Waals surface area contributed by atoms with Gasteiger partial charge in [-0.3, -0.25) is 0 Å². The predicted molar refractivity (Wildman–Crippen MR) is 68.8 cm³/mol. The van der Waals surface area contributed by atoms with Gasteiger partial charge in [-0.05, 0) is 13.8 Å². The topological polar surface area (TPSA) is 85.1 Å². The van der Waals surface area contributed by atoms with Gasteiger partial charge < -0.3 is 15.5 Å². The van der Waals surface area contributed by atoms with Crippen molar-refractivity contribution >= 4 is 11.6 Å². The van der Waals surface area contributed by atoms with Crippen LogP contribution in [0.2, 0.25) is 0 Å².